The van der Waals surface area contributed by atoms with Crippen LogP contribution in [0, 0.1) is 0 Å². The quantitative estimate of drug-likeness (QED) is 0.266. The zero-order valence-electron chi connectivity index (χ0n) is 15.6. The lowest BCUT2D eigenvalue weighted by Gasteiger charge is -2.39. The molecule has 0 bridgehead atoms. The molecule has 28 heavy (non-hydrogen) atoms. The number of amides is 1. The minimum atomic E-state index is -6.09. The van der Waals surface area contributed by atoms with Gasteiger partial charge in [0.1, 0.15) is 12.3 Å². The van der Waals surface area contributed by atoms with Gasteiger partial charge in [-0.2, -0.15) is 26.3 Å². The van der Waals surface area contributed by atoms with E-state index in [2.05, 4.69) is 4.58 Å². The molecule has 0 spiro atoms. The first-order chi connectivity index (χ1) is 12.3. The van der Waals surface area contributed by atoms with Gasteiger partial charge >= 0.3 is 11.7 Å². The maximum Gasteiger partial charge on any atom is 0.485 e. The highest BCUT2D eigenvalue weighted by Crippen LogP contribution is 2.35. The van der Waals surface area contributed by atoms with Gasteiger partial charge in [-0.05, 0) is 13.8 Å². The molecule has 0 aromatic carbocycles. The minimum Gasteiger partial charge on any atom is -0.741 e. The second kappa shape index (κ2) is 7.78. The standard InChI is InChI=1S/C13H21F3N3O.CHF3O3S/c1-9(2)17-5-6-18-10(7-17)11(20)19(12(18,3)4)8-13(14,15)16;2-1(3,4)8(5,6)7/h10H,5-8H2,1-4H3;(H,5,6,7)/q+1;/p-1/t10-;/m0./s1. The normalized spacial score (nSPS) is 23.2. The van der Waals surface area contributed by atoms with E-state index in [4.69, 9.17) is 13.0 Å². The van der Waals surface area contributed by atoms with Gasteiger partial charge in [0, 0.05) is 13.8 Å². The van der Waals surface area contributed by atoms with Crippen LogP contribution in [0.15, 0.2) is 0 Å². The largest absolute Gasteiger partial charge is 0.741 e. The molecule has 164 valence electrons. The molecule has 0 unspecified atom stereocenters. The molecule has 2 heterocycles. The van der Waals surface area contributed by atoms with E-state index in [1.807, 2.05) is 18.7 Å². The number of carbonyl (C=O) groups is 1. The van der Waals surface area contributed by atoms with Crippen LogP contribution >= 0.6 is 0 Å². The van der Waals surface area contributed by atoms with E-state index in [1.54, 1.807) is 13.8 Å². The maximum atomic E-state index is 12.7. The molecular weight excluding hydrogens is 420 g/mol. The van der Waals surface area contributed by atoms with Crippen LogP contribution in [0.25, 0.3) is 0 Å². The van der Waals surface area contributed by atoms with Gasteiger partial charge in [-0.1, -0.05) is 0 Å². The predicted molar refractivity (Wildman–Crippen MR) is 84.4 cm³/mol. The van der Waals surface area contributed by atoms with Gasteiger partial charge in [-0.15, -0.1) is 0 Å². The zero-order valence-corrected chi connectivity index (χ0v) is 16.4. The molecule has 1 amide bonds. The van der Waals surface area contributed by atoms with Crippen molar-refractivity contribution in [3.05, 3.63) is 0 Å². The molecule has 1 atom stereocenters. The summed E-state index contributed by atoms with van der Waals surface area (Å²) in [5.74, 6) is -0.418. The molecule has 2 aliphatic heterocycles. The average Bonchev–Trinajstić information content (AvgIpc) is 2.65. The molecule has 2 aliphatic rings. The first kappa shape index (κ1) is 24.6. The number of alkyl halides is 6. The van der Waals surface area contributed by atoms with Crippen LogP contribution in [0.1, 0.15) is 27.7 Å². The van der Waals surface area contributed by atoms with Crippen molar-refractivity contribution in [3.63, 3.8) is 0 Å². The molecule has 0 aliphatic carbocycles. The highest BCUT2D eigenvalue weighted by atomic mass is 32.2. The van der Waals surface area contributed by atoms with Crippen LogP contribution < -0.4 is 0 Å². The monoisotopic (exact) mass is 441 g/mol. The summed E-state index contributed by atoms with van der Waals surface area (Å²) in [7, 11) is -6.09. The highest BCUT2D eigenvalue weighted by Gasteiger charge is 2.57. The Hall–Kier alpha value is -1.41. The molecular formula is C14H21F6N3O4S. The summed E-state index contributed by atoms with van der Waals surface area (Å²) in [5, 5.41) is 0. The Kier molecular flexibility index (Phi) is 6.85. The second-order valence-electron chi connectivity index (χ2n) is 7.04. The summed E-state index contributed by atoms with van der Waals surface area (Å²) in [5.41, 5.74) is -5.44. The van der Waals surface area contributed by atoms with E-state index < -0.39 is 46.0 Å². The Morgan fingerprint density at radius 3 is 2.04 bits per heavy atom. The summed E-state index contributed by atoms with van der Waals surface area (Å²) in [6, 6.07) is -0.476. The highest BCUT2D eigenvalue weighted by molar-refractivity contribution is 7.86. The third kappa shape index (κ3) is 5.56. The molecule has 0 radical (unpaired) electrons. The Labute approximate surface area is 158 Å². The van der Waals surface area contributed by atoms with Crippen molar-refractivity contribution in [3.8, 4) is 0 Å². The smallest absolute Gasteiger partial charge is 0.485 e. The van der Waals surface area contributed by atoms with Gasteiger partial charge in [-0.25, -0.2) is 13.0 Å². The fourth-order valence-corrected chi connectivity index (χ4v) is 3.11. The molecule has 0 saturated carbocycles. The van der Waals surface area contributed by atoms with Crippen molar-refractivity contribution in [2.75, 3.05) is 26.2 Å². The number of halogens is 6. The number of nitrogens with zero attached hydrogens (tertiary/aromatic N) is 3. The van der Waals surface area contributed by atoms with Crippen molar-refractivity contribution >= 4 is 21.7 Å². The summed E-state index contributed by atoms with van der Waals surface area (Å²) in [6.07, 6.45) is -4.37. The van der Waals surface area contributed by atoms with Crippen molar-refractivity contribution in [2.24, 2.45) is 0 Å². The Morgan fingerprint density at radius 2 is 1.68 bits per heavy atom. The van der Waals surface area contributed by atoms with Crippen molar-refractivity contribution in [1.29, 1.82) is 0 Å². The van der Waals surface area contributed by atoms with E-state index in [-0.39, 0.29) is 0 Å². The summed E-state index contributed by atoms with van der Waals surface area (Å²) >= 11 is 0. The van der Waals surface area contributed by atoms with E-state index in [0.717, 1.165) is 17.2 Å². The number of carbonyl (C=O) groups excluding carboxylic acids is 1. The predicted octanol–water partition coefficient (Wildman–Crippen LogP) is 1.36. The van der Waals surface area contributed by atoms with Gasteiger partial charge in [0.2, 0.25) is 5.91 Å². The summed E-state index contributed by atoms with van der Waals surface area (Å²) < 4.78 is 99.0. The van der Waals surface area contributed by atoms with Crippen LogP contribution in [0.2, 0.25) is 0 Å². The first-order valence-corrected chi connectivity index (χ1v) is 9.42. The molecule has 2 saturated heterocycles. The van der Waals surface area contributed by atoms with Crippen LogP contribution in [0.4, 0.5) is 26.3 Å². The summed E-state index contributed by atoms with van der Waals surface area (Å²) in [6.45, 7) is 7.92. The summed E-state index contributed by atoms with van der Waals surface area (Å²) in [4.78, 5) is 15.2. The molecule has 14 heteroatoms. The molecule has 2 rings (SSSR count). The molecule has 0 N–H and O–H groups in total. The number of fused-ring (bicyclic) bond motifs is 1. The van der Waals surface area contributed by atoms with Crippen molar-refractivity contribution in [2.45, 2.75) is 51.1 Å². The van der Waals surface area contributed by atoms with Gasteiger partial charge < -0.3 is 9.45 Å². The van der Waals surface area contributed by atoms with Crippen molar-refractivity contribution in [1.82, 2.24) is 9.80 Å². The number of rotatable bonds is 1. The number of hydrogen-bond acceptors (Lipinski definition) is 5. The van der Waals surface area contributed by atoms with Gasteiger partial charge in [0.15, 0.2) is 29.2 Å². The van der Waals surface area contributed by atoms with Crippen LogP contribution in [0.3, 0.4) is 0 Å². The molecule has 7 nitrogen and oxygen atoms in total. The van der Waals surface area contributed by atoms with Gasteiger partial charge in [0.05, 0.1) is 12.2 Å². The maximum absolute atomic E-state index is 12.7. The number of hydrogen-bond donors (Lipinski definition) is 0. The van der Waals surface area contributed by atoms with E-state index in [0.29, 0.717) is 13.1 Å². The zero-order chi connectivity index (χ0) is 22.3. The third-order valence-electron chi connectivity index (χ3n) is 4.55. The van der Waals surface area contributed by atoms with E-state index in [9.17, 15) is 31.1 Å². The van der Waals surface area contributed by atoms with E-state index >= 15 is 0 Å². The lowest BCUT2D eigenvalue weighted by Crippen LogP contribution is -2.56. The second-order valence-corrected chi connectivity index (χ2v) is 8.41. The van der Waals surface area contributed by atoms with Crippen LogP contribution in [-0.2, 0) is 14.9 Å². The van der Waals surface area contributed by atoms with E-state index in [1.165, 1.54) is 0 Å². The lowest BCUT2D eigenvalue weighted by molar-refractivity contribution is -0.546. The van der Waals surface area contributed by atoms with Crippen LogP contribution in [0.5, 0.6) is 0 Å². The van der Waals surface area contributed by atoms with Crippen LogP contribution in [-0.4, -0.2) is 88.5 Å². The number of piperazine rings is 1. The Balaban J connectivity index is 0.000000416. The van der Waals surface area contributed by atoms with Gasteiger partial charge in [-0.3, -0.25) is 9.69 Å². The first-order valence-electron chi connectivity index (χ1n) is 8.01. The molecule has 2 fully saturated rings. The SMILES string of the molecule is CC(C)=[N+]1CCN2[C@@H](C1)C(=O)N(CC(F)(F)F)C2(C)C.O=S(=O)([O-])C(F)(F)F. The van der Waals surface area contributed by atoms with Gasteiger partial charge in [0.25, 0.3) is 0 Å². The Bertz CT molecular complexity index is 741. The third-order valence-corrected chi connectivity index (χ3v) is 5.12. The molecule has 0 aromatic rings. The minimum absolute atomic E-state index is 0.418. The topological polar surface area (TPSA) is 83.8 Å². The average molecular weight is 441 g/mol. The fourth-order valence-electron chi connectivity index (χ4n) is 3.11. The Morgan fingerprint density at radius 1 is 1.21 bits per heavy atom. The fraction of sp³-hybridized carbons (Fsp3) is 0.857. The van der Waals surface area contributed by atoms with Crippen molar-refractivity contribution < 1.29 is 48.7 Å². The molecule has 0 aromatic heterocycles. The lowest BCUT2D eigenvalue weighted by atomic mass is 10.1.